The molecule has 0 unspecified atom stereocenters. The van der Waals surface area contributed by atoms with E-state index in [1.165, 1.54) is 0 Å². The van der Waals surface area contributed by atoms with Gasteiger partial charge in [0.25, 0.3) is 0 Å². The molecule has 4 nitrogen and oxygen atoms in total. The fraction of sp³-hybridized carbons (Fsp3) is 0.714. The van der Waals surface area contributed by atoms with Gasteiger partial charge in [0, 0.05) is 20.1 Å². The first-order valence-corrected chi connectivity index (χ1v) is 3.69. The highest BCUT2D eigenvalue weighted by atomic mass is 16.2. The third-order valence-electron chi connectivity index (χ3n) is 1.99. The van der Waals surface area contributed by atoms with E-state index in [9.17, 15) is 9.59 Å². The zero-order chi connectivity index (χ0) is 8.27. The quantitative estimate of drug-likeness (QED) is 0.533. The third kappa shape index (κ3) is 1.69. The van der Waals surface area contributed by atoms with E-state index in [1.54, 1.807) is 11.9 Å². The average Bonchev–Trinajstić information content (AvgIpc) is 2.50. The fourth-order valence-electron chi connectivity index (χ4n) is 1.30. The first kappa shape index (κ1) is 8.04. The SMILES string of the molecule is CNC(=O)[C@H]1CCN(C=O)C1. The Morgan fingerprint density at radius 2 is 2.45 bits per heavy atom. The lowest BCUT2D eigenvalue weighted by molar-refractivity contribution is -0.124. The summed E-state index contributed by atoms with van der Waals surface area (Å²) < 4.78 is 0. The summed E-state index contributed by atoms with van der Waals surface area (Å²) in [6.45, 7) is 1.28. The van der Waals surface area contributed by atoms with Gasteiger partial charge in [-0.15, -0.1) is 0 Å². The molecule has 0 bridgehead atoms. The largest absolute Gasteiger partial charge is 0.359 e. The molecule has 1 heterocycles. The number of hydrogen-bond acceptors (Lipinski definition) is 2. The number of nitrogens with zero attached hydrogens (tertiary/aromatic N) is 1. The minimum atomic E-state index is 0.00481. The predicted octanol–water partition coefficient (Wildman–Crippen LogP) is -0.789. The lowest BCUT2D eigenvalue weighted by Crippen LogP contribution is -2.29. The predicted molar refractivity (Wildman–Crippen MR) is 39.8 cm³/mol. The molecule has 11 heavy (non-hydrogen) atoms. The summed E-state index contributed by atoms with van der Waals surface area (Å²) in [5.74, 6) is 0.0413. The Labute approximate surface area is 65.6 Å². The van der Waals surface area contributed by atoms with Crippen LogP contribution in [0.15, 0.2) is 0 Å². The smallest absolute Gasteiger partial charge is 0.224 e. The van der Waals surface area contributed by atoms with E-state index in [-0.39, 0.29) is 11.8 Å². The van der Waals surface area contributed by atoms with Gasteiger partial charge in [-0.2, -0.15) is 0 Å². The van der Waals surface area contributed by atoms with Crippen LogP contribution in [0.5, 0.6) is 0 Å². The molecule has 1 fully saturated rings. The summed E-state index contributed by atoms with van der Waals surface area (Å²) in [5, 5.41) is 2.57. The van der Waals surface area contributed by atoms with Gasteiger partial charge >= 0.3 is 0 Å². The molecule has 0 radical (unpaired) electrons. The van der Waals surface area contributed by atoms with Crippen molar-refractivity contribution in [2.24, 2.45) is 5.92 Å². The van der Waals surface area contributed by atoms with Crippen LogP contribution in [0.4, 0.5) is 0 Å². The number of nitrogens with one attached hydrogen (secondary N) is 1. The van der Waals surface area contributed by atoms with Crippen LogP contribution >= 0.6 is 0 Å². The van der Waals surface area contributed by atoms with Gasteiger partial charge in [0.05, 0.1) is 5.92 Å². The Morgan fingerprint density at radius 3 is 2.91 bits per heavy atom. The van der Waals surface area contributed by atoms with Gasteiger partial charge in [0.15, 0.2) is 0 Å². The first-order chi connectivity index (χ1) is 5.27. The second-order valence-corrected chi connectivity index (χ2v) is 2.70. The first-order valence-electron chi connectivity index (χ1n) is 3.69. The normalized spacial score (nSPS) is 23.4. The van der Waals surface area contributed by atoms with Crippen LogP contribution in [0.3, 0.4) is 0 Å². The second-order valence-electron chi connectivity index (χ2n) is 2.70. The van der Waals surface area contributed by atoms with Gasteiger partial charge in [-0.05, 0) is 6.42 Å². The summed E-state index contributed by atoms with van der Waals surface area (Å²) in [6, 6.07) is 0. The molecule has 62 valence electrons. The Balaban J connectivity index is 2.41. The van der Waals surface area contributed by atoms with Crippen molar-refractivity contribution in [1.29, 1.82) is 0 Å². The average molecular weight is 156 g/mol. The second kappa shape index (κ2) is 3.37. The summed E-state index contributed by atoms with van der Waals surface area (Å²) in [6.07, 6.45) is 1.58. The lowest BCUT2D eigenvalue weighted by Gasteiger charge is -2.08. The minimum absolute atomic E-state index is 0.00481. The number of carbonyl (C=O) groups excluding carboxylic acids is 2. The van der Waals surface area contributed by atoms with Crippen molar-refractivity contribution in [3.63, 3.8) is 0 Å². The van der Waals surface area contributed by atoms with Crippen LogP contribution in [0.1, 0.15) is 6.42 Å². The van der Waals surface area contributed by atoms with Gasteiger partial charge in [-0.3, -0.25) is 9.59 Å². The topological polar surface area (TPSA) is 49.4 Å². The third-order valence-corrected chi connectivity index (χ3v) is 1.99. The molecule has 1 rings (SSSR count). The van der Waals surface area contributed by atoms with Gasteiger partial charge < -0.3 is 10.2 Å². The number of hydrogen-bond donors (Lipinski definition) is 1. The van der Waals surface area contributed by atoms with Crippen molar-refractivity contribution in [3.05, 3.63) is 0 Å². The number of likely N-dealkylation sites (tertiary alicyclic amines) is 1. The Hall–Kier alpha value is -1.06. The van der Waals surface area contributed by atoms with Gasteiger partial charge in [0.2, 0.25) is 12.3 Å². The van der Waals surface area contributed by atoms with E-state index in [0.717, 1.165) is 12.8 Å². The van der Waals surface area contributed by atoms with E-state index >= 15 is 0 Å². The van der Waals surface area contributed by atoms with Crippen molar-refractivity contribution >= 4 is 12.3 Å². The standard InChI is InChI=1S/C7H12N2O2/c1-8-7(11)6-2-3-9(4-6)5-10/h5-6H,2-4H2,1H3,(H,8,11)/t6-/m0/s1. The van der Waals surface area contributed by atoms with Crippen LogP contribution in [0.2, 0.25) is 0 Å². The van der Waals surface area contributed by atoms with E-state index in [0.29, 0.717) is 13.1 Å². The van der Waals surface area contributed by atoms with Crippen molar-refractivity contribution in [2.45, 2.75) is 6.42 Å². The molecule has 0 aromatic carbocycles. The molecule has 1 N–H and O–H groups in total. The molecule has 0 spiro atoms. The molecule has 0 saturated carbocycles. The van der Waals surface area contributed by atoms with Crippen molar-refractivity contribution < 1.29 is 9.59 Å². The molecule has 0 aromatic rings. The molecule has 2 amide bonds. The molecule has 1 aliphatic rings. The highest BCUT2D eigenvalue weighted by molar-refractivity contribution is 5.79. The molecule has 4 heteroatoms. The van der Waals surface area contributed by atoms with E-state index in [1.807, 2.05) is 0 Å². The van der Waals surface area contributed by atoms with Gasteiger partial charge in [0.1, 0.15) is 0 Å². The van der Waals surface area contributed by atoms with Crippen LogP contribution in [-0.2, 0) is 9.59 Å². The van der Waals surface area contributed by atoms with Crippen molar-refractivity contribution in [1.82, 2.24) is 10.2 Å². The maximum Gasteiger partial charge on any atom is 0.224 e. The molecular formula is C7H12N2O2. The molecule has 1 aliphatic heterocycles. The van der Waals surface area contributed by atoms with Crippen LogP contribution in [0.25, 0.3) is 0 Å². The highest BCUT2D eigenvalue weighted by Gasteiger charge is 2.26. The summed E-state index contributed by atoms with van der Waals surface area (Å²) in [7, 11) is 1.62. The maximum absolute atomic E-state index is 11.0. The number of carbonyl (C=O) groups is 2. The fourth-order valence-corrected chi connectivity index (χ4v) is 1.30. The zero-order valence-electron chi connectivity index (χ0n) is 6.54. The summed E-state index contributed by atoms with van der Waals surface area (Å²) in [5.41, 5.74) is 0. The number of amides is 2. The Bertz CT molecular complexity index is 170. The van der Waals surface area contributed by atoms with Crippen molar-refractivity contribution in [2.75, 3.05) is 20.1 Å². The number of rotatable bonds is 2. The van der Waals surface area contributed by atoms with E-state index < -0.39 is 0 Å². The molecule has 1 saturated heterocycles. The van der Waals surface area contributed by atoms with Crippen LogP contribution in [-0.4, -0.2) is 37.4 Å². The lowest BCUT2D eigenvalue weighted by atomic mass is 10.1. The molecule has 0 aliphatic carbocycles. The van der Waals surface area contributed by atoms with E-state index in [4.69, 9.17) is 0 Å². The molecule has 1 atom stereocenters. The zero-order valence-corrected chi connectivity index (χ0v) is 6.54. The minimum Gasteiger partial charge on any atom is -0.359 e. The van der Waals surface area contributed by atoms with Crippen molar-refractivity contribution in [3.8, 4) is 0 Å². The van der Waals surface area contributed by atoms with E-state index in [2.05, 4.69) is 5.32 Å². The highest BCUT2D eigenvalue weighted by Crippen LogP contribution is 2.13. The maximum atomic E-state index is 11.0. The molecular weight excluding hydrogens is 144 g/mol. The van der Waals surface area contributed by atoms with Gasteiger partial charge in [-0.1, -0.05) is 0 Å². The Morgan fingerprint density at radius 1 is 1.73 bits per heavy atom. The summed E-state index contributed by atoms with van der Waals surface area (Å²) in [4.78, 5) is 22.9. The van der Waals surface area contributed by atoms with Crippen LogP contribution < -0.4 is 5.32 Å². The summed E-state index contributed by atoms with van der Waals surface area (Å²) >= 11 is 0. The monoisotopic (exact) mass is 156 g/mol. The van der Waals surface area contributed by atoms with Gasteiger partial charge in [-0.25, -0.2) is 0 Å². The Kier molecular flexibility index (Phi) is 2.46. The van der Waals surface area contributed by atoms with Crippen LogP contribution in [0, 0.1) is 5.92 Å². The molecule has 0 aromatic heterocycles.